The second kappa shape index (κ2) is 8.48. The van der Waals surface area contributed by atoms with Gasteiger partial charge in [0, 0.05) is 22.9 Å². The lowest BCUT2D eigenvalue weighted by Gasteiger charge is -2.03. The molecule has 3 aromatic rings. The van der Waals surface area contributed by atoms with Crippen LogP contribution in [0.25, 0.3) is 17.4 Å². The average Bonchev–Trinajstić information content (AvgIpc) is 3.12. The second-order valence-electron chi connectivity index (χ2n) is 5.57. The number of nitrogens with zero attached hydrogens (tertiary/aromatic N) is 1. The Bertz CT molecular complexity index is 1090. The lowest BCUT2D eigenvalue weighted by molar-refractivity contribution is -0.384. The summed E-state index contributed by atoms with van der Waals surface area (Å²) in [5.74, 6) is 0.227. The van der Waals surface area contributed by atoms with E-state index in [-0.39, 0.29) is 22.0 Å². The minimum atomic E-state index is -0.538. The molecule has 0 fully saturated rings. The largest absolute Gasteiger partial charge is 0.456 e. The molecule has 0 saturated heterocycles. The van der Waals surface area contributed by atoms with E-state index in [1.807, 2.05) is 0 Å². The smallest absolute Gasteiger partial charge is 0.281 e. The van der Waals surface area contributed by atoms with Crippen LogP contribution in [0.1, 0.15) is 5.76 Å². The van der Waals surface area contributed by atoms with Crippen LogP contribution in [0, 0.1) is 10.1 Å². The first-order chi connectivity index (χ1) is 13.3. The third kappa shape index (κ3) is 4.72. The number of carbonyl (C=O) groups is 1. The lowest BCUT2D eigenvalue weighted by atomic mass is 10.1. The van der Waals surface area contributed by atoms with Crippen LogP contribution >= 0.6 is 34.8 Å². The number of hydrogen-bond donors (Lipinski definition) is 1. The summed E-state index contributed by atoms with van der Waals surface area (Å²) in [6.07, 6.45) is 2.71. The molecule has 142 valence electrons. The summed E-state index contributed by atoms with van der Waals surface area (Å²) in [7, 11) is 0. The van der Waals surface area contributed by atoms with E-state index < -0.39 is 10.8 Å². The Morgan fingerprint density at radius 3 is 2.54 bits per heavy atom. The van der Waals surface area contributed by atoms with Crippen LogP contribution in [0.3, 0.4) is 0 Å². The molecule has 9 heteroatoms. The average molecular weight is 438 g/mol. The number of benzene rings is 2. The number of nitro groups is 1. The number of amides is 1. The zero-order valence-corrected chi connectivity index (χ0v) is 16.3. The van der Waals surface area contributed by atoms with E-state index in [1.165, 1.54) is 36.4 Å². The van der Waals surface area contributed by atoms with Gasteiger partial charge in [-0.25, -0.2) is 0 Å². The number of rotatable bonds is 5. The van der Waals surface area contributed by atoms with Gasteiger partial charge >= 0.3 is 0 Å². The van der Waals surface area contributed by atoms with E-state index in [4.69, 9.17) is 39.2 Å². The Hall–Kier alpha value is -2.80. The van der Waals surface area contributed by atoms with Crippen LogP contribution in [0.5, 0.6) is 0 Å². The molecule has 0 bridgehead atoms. The van der Waals surface area contributed by atoms with E-state index in [9.17, 15) is 14.9 Å². The van der Waals surface area contributed by atoms with Crippen molar-refractivity contribution in [2.45, 2.75) is 0 Å². The molecule has 0 spiro atoms. The first-order valence-corrected chi connectivity index (χ1v) is 8.95. The van der Waals surface area contributed by atoms with Gasteiger partial charge in [0.15, 0.2) is 0 Å². The number of hydrogen-bond acceptors (Lipinski definition) is 4. The molecule has 28 heavy (non-hydrogen) atoms. The maximum Gasteiger partial charge on any atom is 0.281 e. The monoisotopic (exact) mass is 436 g/mol. The fourth-order valence-corrected chi connectivity index (χ4v) is 2.83. The third-order valence-electron chi connectivity index (χ3n) is 3.63. The van der Waals surface area contributed by atoms with Gasteiger partial charge in [0.1, 0.15) is 11.5 Å². The van der Waals surface area contributed by atoms with Crippen LogP contribution in [0.15, 0.2) is 59.0 Å². The van der Waals surface area contributed by atoms with Gasteiger partial charge in [-0.2, -0.15) is 0 Å². The Labute approximate surface area is 174 Å². The number of halogens is 3. The van der Waals surface area contributed by atoms with Gasteiger partial charge < -0.3 is 9.73 Å². The summed E-state index contributed by atoms with van der Waals surface area (Å²) < 4.78 is 5.58. The predicted octanol–water partition coefficient (Wildman–Crippen LogP) is 6.47. The van der Waals surface area contributed by atoms with Crippen LogP contribution in [-0.4, -0.2) is 10.8 Å². The predicted molar refractivity (Wildman–Crippen MR) is 110 cm³/mol. The van der Waals surface area contributed by atoms with Crippen molar-refractivity contribution < 1.29 is 14.1 Å². The molecule has 2 aromatic carbocycles. The summed E-state index contributed by atoms with van der Waals surface area (Å²) in [5.41, 5.74) is 0.602. The zero-order chi connectivity index (χ0) is 20.3. The summed E-state index contributed by atoms with van der Waals surface area (Å²) in [4.78, 5) is 22.7. The molecule has 0 saturated carbocycles. The van der Waals surface area contributed by atoms with Gasteiger partial charge in [-0.3, -0.25) is 14.9 Å². The molecular formula is C19H11Cl3N2O4. The normalized spacial score (nSPS) is 11.0. The fourth-order valence-electron chi connectivity index (χ4n) is 2.37. The zero-order valence-electron chi connectivity index (χ0n) is 14.0. The molecule has 0 atom stereocenters. The summed E-state index contributed by atoms with van der Waals surface area (Å²) in [5, 5.41) is 14.8. The van der Waals surface area contributed by atoms with Crippen LogP contribution < -0.4 is 5.32 Å². The summed E-state index contributed by atoms with van der Waals surface area (Å²) >= 11 is 17.6. The van der Waals surface area contributed by atoms with Crippen molar-refractivity contribution in [1.82, 2.24) is 0 Å². The molecule has 0 radical (unpaired) electrons. The molecule has 3 rings (SSSR count). The maximum atomic E-state index is 12.0. The minimum Gasteiger partial charge on any atom is -0.456 e. The lowest BCUT2D eigenvalue weighted by Crippen LogP contribution is -2.07. The molecule has 0 aliphatic rings. The van der Waals surface area contributed by atoms with Crippen molar-refractivity contribution in [2.75, 3.05) is 5.32 Å². The third-order valence-corrected chi connectivity index (χ3v) is 4.61. The second-order valence-corrected chi connectivity index (χ2v) is 6.82. The number of nitrogens with one attached hydrogen (secondary N) is 1. The molecule has 0 aliphatic carbocycles. The van der Waals surface area contributed by atoms with Gasteiger partial charge in [-0.1, -0.05) is 34.8 Å². The quantitative estimate of drug-likeness (QED) is 0.282. The Morgan fingerprint density at radius 2 is 1.82 bits per heavy atom. The van der Waals surface area contributed by atoms with E-state index >= 15 is 0 Å². The topological polar surface area (TPSA) is 85.4 Å². The molecule has 6 nitrogen and oxygen atoms in total. The number of anilines is 1. The van der Waals surface area contributed by atoms with E-state index in [1.54, 1.807) is 24.3 Å². The minimum absolute atomic E-state index is 0.172. The van der Waals surface area contributed by atoms with Gasteiger partial charge in [-0.05, 0) is 48.5 Å². The molecule has 0 unspecified atom stereocenters. The fraction of sp³-hybridized carbons (Fsp3) is 0. The highest BCUT2D eigenvalue weighted by molar-refractivity contribution is 6.42. The maximum absolute atomic E-state index is 12.0. The van der Waals surface area contributed by atoms with Crippen molar-refractivity contribution in [1.29, 1.82) is 0 Å². The van der Waals surface area contributed by atoms with E-state index in [0.717, 1.165) is 0 Å². The van der Waals surface area contributed by atoms with Gasteiger partial charge in [0.05, 0.1) is 20.5 Å². The van der Waals surface area contributed by atoms with Crippen LogP contribution in [-0.2, 0) is 4.79 Å². The number of nitro benzene ring substituents is 1. The molecule has 0 aliphatic heterocycles. The van der Waals surface area contributed by atoms with Crippen molar-refractivity contribution in [3.8, 4) is 11.3 Å². The first kappa shape index (κ1) is 19.9. The molecule has 1 heterocycles. The number of furan rings is 1. The summed E-state index contributed by atoms with van der Waals surface area (Å²) in [6, 6.07) is 12.2. The van der Waals surface area contributed by atoms with Gasteiger partial charge in [0.2, 0.25) is 5.91 Å². The highest BCUT2D eigenvalue weighted by atomic mass is 35.5. The van der Waals surface area contributed by atoms with Crippen LogP contribution in [0.2, 0.25) is 15.1 Å². The van der Waals surface area contributed by atoms with Crippen LogP contribution in [0.4, 0.5) is 11.4 Å². The van der Waals surface area contributed by atoms with Crippen molar-refractivity contribution in [3.05, 3.63) is 85.5 Å². The Kier molecular flexibility index (Phi) is 6.04. The van der Waals surface area contributed by atoms with Crippen molar-refractivity contribution >= 4 is 58.2 Å². The van der Waals surface area contributed by atoms with Gasteiger partial charge in [-0.15, -0.1) is 0 Å². The SMILES string of the molecule is O=C(/C=C/c1ccc(-c2ccc(Cl)cc2[N+](=O)[O-])o1)Nc1ccc(Cl)c(Cl)c1. The van der Waals surface area contributed by atoms with E-state index in [0.29, 0.717) is 21.5 Å². The van der Waals surface area contributed by atoms with E-state index in [2.05, 4.69) is 5.32 Å². The highest BCUT2D eigenvalue weighted by Gasteiger charge is 2.18. The Balaban J connectivity index is 1.75. The molecule has 1 amide bonds. The highest BCUT2D eigenvalue weighted by Crippen LogP contribution is 2.33. The Morgan fingerprint density at radius 1 is 1.04 bits per heavy atom. The molecular weight excluding hydrogens is 427 g/mol. The van der Waals surface area contributed by atoms with Crippen molar-refractivity contribution in [3.63, 3.8) is 0 Å². The molecule has 1 aromatic heterocycles. The van der Waals surface area contributed by atoms with Crippen molar-refractivity contribution in [2.24, 2.45) is 0 Å². The molecule has 1 N–H and O–H groups in total. The first-order valence-electron chi connectivity index (χ1n) is 7.82. The summed E-state index contributed by atoms with van der Waals surface area (Å²) in [6.45, 7) is 0. The van der Waals surface area contributed by atoms with Gasteiger partial charge in [0.25, 0.3) is 5.69 Å². The standard InChI is InChI=1S/C19H11Cl3N2O4/c20-11-1-5-14(17(9-11)24(26)27)18-7-3-13(28-18)4-8-19(25)23-12-2-6-15(21)16(22)10-12/h1-10H,(H,23,25)/b8-4+. The number of carbonyl (C=O) groups excluding carboxylic acids is 1.